The van der Waals surface area contributed by atoms with E-state index in [0.717, 1.165) is 0 Å². The number of benzene rings is 1. The van der Waals surface area contributed by atoms with Gasteiger partial charge in [-0.25, -0.2) is 9.78 Å². The molecule has 0 bridgehead atoms. The molecule has 146 valence electrons. The van der Waals surface area contributed by atoms with Gasteiger partial charge in [0.2, 0.25) is 11.7 Å². The molecule has 1 aliphatic rings. The quantitative estimate of drug-likeness (QED) is 0.664. The van der Waals surface area contributed by atoms with Crippen LogP contribution in [0.15, 0.2) is 39.8 Å². The van der Waals surface area contributed by atoms with E-state index in [2.05, 4.69) is 9.97 Å². The molecule has 1 fully saturated rings. The fourth-order valence-corrected chi connectivity index (χ4v) is 3.32. The number of fused-ring (bicyclic) bond motifs is 1. The normalized spacial score (nSPS) is 16.6. The van der Waals surface area contributed by atoms with Crippen molar-refractivity contribution < 1.29 is 18.3 Å². The van der Waals surface area contributed by atoms with E-state index in [-0.39, 0.29) is 24.4 Å². The van der Waals surface area contributed by atoms with Crippen molar-refractivity contribution in [2.24, 2.45) is 0 Å². The molecule has 1 aliphatic heterocycles. The number of hydrogen-bond donors (Lipinski definition) is 0. The molecule has 0 radical (unpaired) electrons. The van der Waals surface area contributed by atoms with Crippen LogP contribution in [0.3, 0.4) is 0 Å². The molecule has 3 heterocycles. The smallest absolute Gasteiger partial charge is 0.420 e. The fourth-order valence-electron chi connectivity index (χ4n) is 3.32. The summed E-state index contributed by atoms with van der Waals surface area (Å²) in [5.74, 6) is -1.46. The van der Waals surface area contributed by atoms with Gasteiger partial charge in [-0.1, -0.05) is 19.1 Å². The molecule has 28 heavy (non-hydrogen) atoms. The van der Waals surface area contributed by atoms with Crippen LogP contribution < -0.4 is 10.5 Å². The Morgan fingerprint density at radius 2 is 2.18 bits per heavy atom. The van der Waals surface area contributed by atoms with Gasteiger partial charge in [-0.2, -0.15) is 9.37 Å². The maximum Gasteiger partial charge on any atom is 0.420 e. The first kappa shape index (κ1) is 18.1. The maximum atomic E-state index is 14.2. The van der Waals surface area contributed by atoms with Crippen molar-refractivity contribution in [1.82, 2.24) is 19.4 Å². The van der Waals surface area contributed by atoms with Gasteiger partial charge in [0.1, 0.15) is 19.0 Å². The van der Waals surface area contributed by atoms with Gasteiger partial charge in [0.05, 0.1) is 17.8 Å². The second-order valence-electron chi connectivity index (χ2n) is 6.58. The highest BCUT2D eigenvalue weighted by Crippen LogP contribution is 2.21. The summed E-state index contributed by atoms with van der Waals surface area (Å²) in [4.78, 5) is 34.0. The fraction of sp³-hybridized carbons (Fsp3) is 0.368. The van der Waals surface area contributed by atoms with Gasteiger partial charge in [-0.3, -0.25) is 9.36 Å². The van der Waals surface area contributed by atoms with Crippen LogP contribution in [0.4, 0.5) is 4.39 Å². The zero-order valence-electron chi connectivity index (χ0n) is 15.3. The van der Waals surface area contributed by atoms with Gasteiger partial charge >= 0.3 is 5.76 Å². The molecule has 2 aromatic heterocycles. The van der Waals surface area contributed by atoms with Crippen LogP contribution in [0.2, 0.25) is 0 Å². The number of oxazole rings is 1. The lowest BCUT2D eigenvalue weighted by atomic mass is 10.3. The van der Waals surface area contributed by atoms with Crippen molar-refractivity contribution in [1.29, 1.82) is 0 Å². The summed E-state index contributed by atoms with van der Waals surface area (Å²) in [5.41, 5.74) is 1.30. The third-order valence-electron chi connectivity index (χ3n) is 4.81. The van der Waals surface area contributed by atoms with Crippen molar-refractivity contribution in [3.63, 3.8) is 0 Å². The highest BCUT2D eigenvalue weighted by molar-refractivity contribution is 5.79. The number of nitrogens with zero attached hydrogens (tertiary/aromatic N) is 4. The number of aryl methyl sites for hydroxylation is 1. The Morgan fingerprint density at radius 1 is 1.36 bits per heavy atom. The second kappa shape index (κ2) is 7.41. The standard InChI is InChI=1S/C19H19FN4O4/c1-2-13-17(20)18(22-11-21-13)27-12-7-8-23(9-12)16(25)10-24-14-5-3-4-6-15(14)28-19(24)26/h3-6,11-12H,2,7-10H2,1H3/t12-/m1/s1. The number of hydrogen-bond acceptors (Lipinski definition) is 6. The maximum absolute atomic E-state index is 14.2. The summed E-state index contributed by atoms with van der Waals surface area (Å²) in [5, 5.41) is 0. The molecule has 1 atom stereocenters. The largest absolute Gasteiger partial charge is 0.470 e. The lowest BCUT2D eigenvalue weighted by Crippen LogP contribution is -2.35. The minimum absolute atomic E-state index is 0.0943. The highest BCUT2D eigenvalue weighted by atomic mass is 19.1. The first-order valence-electron chi connectivity index (χ1n) is 9.09. The SMILES string of the molecule is CCc1ncnc(O[C@@H]2CCN(C(=O)Cn3c(=O)oc4ccccc43)C2)c1F. The summed E-state index contributed by atoms with van der Waals surface area (Å²) in [6.45, 7) is 2.44. The minimum Gasteiger partial charge on any atom is -0.470 e. The van der Waals surface area contributed by atoms with Gasteiger partial charge in [0.25, 0.3) is 5.88 Å². The zero-order valence-corrected chi connectivity index (χ0v) is 15.3. The molecule has 4 rings (SSSR count). The summed E-state index contributed by atoms with van der Waals surface area (Å²) < 4.78 is 26.4. The lowest BCUT2D eigenvalue weighted by molar-refractivity contribution is -0.131. The number of ether oxygens (including phenoxy) is 1. The monoisotopic (exact) mass is 386 g/mol. The van der Waals surface area contributed by atoms with Crippen LogP contribution in [0, 0.1) is 5.82 Å². The minimum atomic E-state index is -0.573. The lowest BCUT2D eigenvalue weighted by Gasteiger charge is -2.17. The molecular weight excluding hydrogens is 367 g/mol. The van der Waals surface area contributed by atoms with Gasteiger partial charge in [0, 0.05) is 13.0 Å². The molecule has 0 N–H and O–H groups in total. The van der Waals surface area contributed by atoms with E-state index in [4.69, 9.17) is 9.15 Å². The van der Waals surface area contributed by atoms with E-state index in [0.29, 0.717) is 42.7 Å². The van der Waals surface area contributed by atoms with Gasteiger partial charge in [-0.15, -0.1) is 0 Å². The number of likely N-dealkylation sites (tertiary alicyclic amines) is 1. The molecule has 1 amide bonds. The topological polar surface area (TPSA) is 90.5 Å². The summed E-state index contributed by atoms with van der Waals surface area (Å²) in [7, 11) is 0. The first-order chi connectivity index (χ1) is 13.6. The average molecular weight is 386 g/mol. The van der Waals surface area contributed by atoms with Crippen LogP contribution >= 0.6 is 0 Å². The van der Waals surface area contributed by atoms with Gasteiger partial charge in [0.15, 0.2) is 5.58 Å². The average Bonchev–Trinajstić information content (AvgIpc) is 3.28. The van der Waals surface area contributed by atoms with Crippen molar-refractivity contribution in [3.8, 4) is 5.88 Å². The van der Waals surface area contributed by atoms with E-state index in [9.17, 15) is 14.0 Å². The van der Waals surface area contributed by atoms with Gasteiger partial charge in [-0.05, 0) is 18.6 Å². The number of aromatic nitrogens is 3. The zero-order chi connectivity index (χ0) is 19.7. The molecule has 0 unspecified atom stereocenters. The van der Waals surface area contributed by atoms with Crippen LogP contribution in [0.25, 0.3) is 11.1 Å². The van der Waals surface area contributed by atoms with E-state index >= 15 is 0 Å². The molecule has 0 aliphatic carbocycles. The predicted molar refractivity (Wildman–Crippen MR) is 97.5 cm³/mol. The van der Waals surface area contributed by atoms with Crippen molar-refractivity contribution in [2.75, 3.05) is 13.1 Å². The Labute approximate surface area is 159 Å². The Hall–Kier alpha value is -3.23. The number of rotatable bonds is 5. The number of halogens is 1. The Bertz CT molecular complexity index is 1080. The molecule has 0 spiro atoms. The Balaban J connectivity index is 1.43. The Kier molecular flexibility index (Phi) is 4.81. The van der Waals surface area contributed by atoms with Crippen LogP contribution in [-0.4, -0.2) is 44.5 Å². The van der Waals surface area contributed by atoms with Crippen LogP contribution in [0.1, 0.15) is 19.0 Å². The van der Waals surface area contributed by atoms with E-state index in [1.807, 2.05) is 0 Å². The number of amides is 1. The van der Waals surface area contributed by atoms with Crippen molar-refractivity contribution in [2.45, 2.75) is 32.4 Å². The Morgan fingerprint density at radius 3 is 3.00 bits per heavy atom. The highest BCUT2D eigenvalue weighted by Gasteiger charge is 2.29. The number of carbonyl (C=O) groups excluding carboxylic acids is 1. The van der Waals surface area contributed by atoms with E-state index in [1.165, 1.54) is 10.9 Å². The third-order valence-corrected chi connectivity index (χ3v) is 4.81. The summed E-state index contributed by atoms with van der Waals surface area (Å²) in [6.07, 6.45) is 1.90. The van der Waals surface area contributed by atoms with Crippen LogP contribution in [-0.2, 0) is 17.8 Å². The molecule has 3 aromatic rings. The third kappa shape index (κ3) is 3.35. The molecule has 9 heteroatoms. The molecule has 1 aromatic carbocycles. The number of carbonyl (C=O) groups is 1. The van der Waals surface area contributed by atoms with Crippen LogP contribution in [0.5, 0.6) is 5.88 Å². The molecular formula is C19H19FN4O4. The van der Waals surface area contributed by atoms with Crippen molar-refractivity contribution >= 4 is 17.0 Å². The van der Waals surface area contributed by atoms with E-state index < -0.39 is 11.6 Å². The van der Waals surface area contributed by atoms with Crippen molar-refractivity contribution in [3.05, 3.63) is 52.7 Å². The van der Waals surface area contributed by atoms with E-state index in [1.54, 1.807) is 36.1 Å². The molecule has 0 saturated carbocycles. The van der Waals surface area contributed by atoms with Gasteiger partial charge < -0.3 is 14.1 Å². The number of para-hydroxylation sites is 2. The summed E-state index contributed by atoms with van der Waals surface area (Å²) in [6, 6.07) is 6.94. The first-order valence-corrected chi connectivity index (χ1v) is 9.09. The molecule has 8 nitrogen and oxygen atoms in total. The summed E-state index contributed by atoms with van der Waals surface area (Å²) >= 11 is 0. The second-order valence-corrected chi connectivity index (χ2v) is 6.58. The molecule has 1 saturated heterocycles. The predicted octanol–water partition coefficient (Wildman–Crippen LogP) is 1.77.